The molecular weight excluding hydrogens is 255 g/mol. The number of para-hydroxylation sites is 1. The minimum atomic E-state index is -4.41. The summed E-state index contributed by atoms with van der Waals surface area (Å²) in [5.74, 6) is -0.0659. The maximum absolute atomic E-state index is 13.0. The molecule has 0 aliphatic rings. The highest BCUT2D eigenvalue weighted by Gasteiger charge is 2.34. The molecule has 3 nitrogen and oxygen atoms in total. The van der Waals surface area contributed by atoms with Crippen molar-refractivity contribution in [3.05, 3.63) is 47.8 Å². The maximum Gasteiger partial charge on any atom is 0.418 e. The van der Waals surface area contributed by atoms with Gasteiger partial charge in [0.15, 0.2) is 0 Å². The molecule has 2 N–H and O–H groups in total. The number of aromatic nitrogens is 2. The molecule has 1 unspecified atom stereocenters. The molecule has 0 bridgehead atoms. The average molecular weight is 269 g/mol. The predicted octanol–water partition coefficient (Wildman–Crippen LogP) is 2.95. The lowest BCUT2D eigenvalue weighted by molar-refractivity contribution is -0.137. The van der Waals surface area contributed by atoms with Gasteiger partial charge in [-0.25, -0.2) is 4.68 Å². The first kappa shape index (κ1) is 13.6. The van der Waals surface area contributed by atoms with Crippen LogP contribution in [0.4, 0.5) is 13.2 Å². The van der Waals surface area contributed by atoms with Gasteiger partial charge < -0.3 is 5.73 Å². The summed E-state index contributed by atoms with van der Waals surface area (Å²) in [5, 5.41) is 3.99. The Kier molecular flexibility index (Phi) is 3.61. The molecule has 2 rings (SSSR count). The molecule has 1 aromatic heterocycles. The lowest BCUT2D eigenvalue weighted by Crippen LogP contribution is -2.17. The van der Waals surface area contributed by atoms with Crippen LogP contribution < -0.4 is 5.73 Å². The van der Waals surface area contributed by atoms with Gasteiger partial charge >= 0.3 is 6.18 Å². The van der Waals surface area contributed by atoms with E-state index in [4.69, 9.17) is 5.73 Å². The third kappa shape index (κ3) is 2.63. The van der Waals surface area contributed by atoms with E-state index in [1.807, 2.05) is 6.92 Å². The van der Waals surface area contributed by atoms with Crippen LogP contribution in [-0.2, 0) is 6.18 Å². The summed E-state index contributed by atoms with van der Waals surface area (Å²) in [5.41, 5.74) is 5.56. The van der Waals surface area contributed by atoms with E-state index in [2.05, 4.69) is 5.10 Å². The summed E-state index contributed by atoms with van der Waals surface area (Å²) >= 11 is 0. The van der Waals surface area contributed by atoms with Crippen molar-refractivity contribution in [2.24, 2.45) is 5.73 Å². The molecule has 0 fully saturated rings. The monoisotopic (exact) mass is 269 g/mol. The highest BCUT2D eigenvalue weighted by Crippen LogP contribution is 2.34. The van der Waals surface area contributed by atoms with Crippen LogP contribution in [0.2, 0.25) is 0 Å². The highest BCUT2D eigenvalue weighted by atomic mass is 19.4. The third-order valence-electron chi connectivity index (χ3n) is 2.97. The second-order valence-electron chi connectivity index (χ2n) is 4.32. The fraction of sp³-hybridized carbons (Fsp3) is 0.308. The van der Waals surface area contributed by atoms with Crippen LogP contribution in [0.1, 0.15) is 24.1 Å². The molecule has 0 spiro atoms. The number of nitrogens with zero attached hydrogens (tertiary/aromatic N) is 2. The number of hydrogen-bond acceptors (Lipinski definition) is 2. The van der Waals surface area contributed by atoms with E-state index in [1.165, 1.54) is 23.0 Å². The van der Waals surface area contributed by atoms with Gasteiger partial charge in [-0.05, 0) is 18.2 Å². The molecule has 0 radical (unpaired) electrons. The first-order valence-corrected chi connectivity index (χ1v) is 5.85. The van der Waals surface area contributed by atoms with Gasteiger partial charge in [-0.15, -0.1) is 0 Å². The number of rotatable bonds is 3. The lowest BCUT2D eigenvalue weighted by atomic mass is 10.1. The van der Waals surface area contributed by atoms with Crippen molar-refractivity contribution in [1.29, 1.82) is 0 Å². The standard InChI is InChI=1S/C13H14F3N3/c1-9(8-17)11-6-7-18-19(11)12-5-3-2-4-10(12)13(14,15)16/h2-7,9H,8,17H2,1H3. The Morgan fingerprint density at radius 3 is 2.58 bits per heavy atom. The van der Waals surface area contributed by atoms with Gasteiger partial charge in [0.25, 0.3) is 0 Å². The van der Waals surface area contributed by atoms with Gasteiger partial charge in [0.05, 0.1) is 11.3 Å². The van der Waals surface area contributed by atoms with E-state index < -0.39 is 11.7 Å². The fourth-order valence-corrected chi connectivity index (χ4v) is 1.91. The molecule has 0 saturated heterocycles. The molecule has 6 heteroatoms. The molecule has 19 heavy (non-hydrogen) atoms. The molecule has 1 heterocycles. The van der Waals surface area contributed by atoms with Crippen LogP contribution in [0, 0.1) is 0 Å². The Labute approximate surface area is 108 Å². The summed E-state index contributed by atoms with van der Waals surface area (Å²) in [4.78, 5) is 0. The molecule has 2 aromatic rings. The van der Waals surface area contributed by atoms with Crippen LogP contribution >= 0.6 is 0 Å². The quantitative estimate of drug-likeness (QED) is 0.931. The zero-order chi connectivity index (χ0) is 14.0. The Balaban J connectivity index is 2.57. The summed E-state index contributed by atoms with van der Waals surface area (Å²) in [6.07, 6.45) is -2.93. The number of halogens is 3. The second kappa shape index (κ2) is 5.05. The normalized spacial score (nSPS) is 13.5. The average Bonchev–Trinajstić information content (AvgIpc) is 2.86. The van der Waals surface area contributed by atoms with Crippen molar-refractivity contribution in [2.75, 3.05) is 6.54 Å². The Hall–Kier alpha value is -1.82. The molecule has 1 aromatic carbocycles. The van der Waals surface area contributed by atoms with E-state index in [0.717, 1.165) is 6.07 Å². The number of alkyl halides is 3. The number of nitrogens with two attached hydrogens (primary N) is 1. The predicted molar refractivity (Wildman–Crippen MR) is 66.0 cm³/mol. The van der Waals surface area contributed by atoms with Crippen LogP contribution in [0.25, 0.3) is 5.69 Å². The molecule has 102 valence electrons. The van der Waals surface area contributed by atoms with Crippen molar-refractivity contribution >= 4 is 0 Å². The van der Waals surface area contributed by atoms with Crippen molar-refractivity contribution in [3.8, 4) is 5.69 Å². The van der Waals surface area contributed by atoms with E-state index in [0.29, 0.717) is 12.2 Å². The summed E-state index contributed by atoms with van der Waals surface area (Å²) < 4.78 is 40.3. The highest BCUT2D eigenvalue weighted by molar-refractivity contribution is 5.43. The Bertz CT molecular complexity index is 560. The van der Waals surface area contributed by atoms with Crippen molar-refractivity contribution < 1.29 is 13.2 Å². The van der Waals surface area contributed by atoms with E-state index in [1.54, 1.807) is 12.1 Å². The zero-order valence-corrected chi connectivity index (χ0v) is 10.4. The van der Waals surface area contributed by atoms with Crippen molar-refractivity contribution in [2.45, 2.75) is 19.0 Å². The van der Waals surface area contributed by atoms with Gasteiger partial charge in [-0.3, -0.25) is 0 Å². The molecule has 0 aliphatic heterocycles. The Morgan fingerprint density at radius 2 is 1.95 bits per heavy atom. The van der Waals surface area contributed by atoms with Gasteiger partial charge in [-0.1, -0.05) is 19.1 Å². The third-order valence-corrected chi connectivity index (χ3v) is 2.97. The van der Waals surface area contributed by atoms with Crippen LogP contribution in [0.3, 0.4) is 0 Å². The smallest absolute Gasteiger partial charge is 0.330 e. The second-order valence-corrected chi connectivity index (χ2v) is 4.32. The van der Waals surface area contributed by atoms with Crippen LogP contribution in [0.15, 0.2) is 36.5 Å². The summed E-state index contributed by atoms with van der Waals surface area (Å²) in [7, 11) is 0. The van der Waals surface area contributed by atoms with Crippen molar-refractivity contribution in [1.82, 2.24) is 9.78 Å². The van der Waals surface area contributed by atoms with E-state index >= 15 is 0 Å². The molecule has 1 atom stereocenters. The lowest BCUT2D eigenvalue weighted by Gasteiger charge is -2.16. The van der Waals surface area contributed by atoms with Gasteiger partial charge in [0, 0.05) is 24.4 Å². The molecule has 0 aliphatic carbocycles. The van der Waals surface area contributed by atoms with Gasteiger partial charge in [0.2, 0.25) is 0 Å². The van der Waals surface area contributed by atoms with Crippen molar-refractivity contribution in [3.63, 3.8) is 0 Å². The SMILES string of the molecule is CC(CN)c1ccnn1-c1ccccc1C(F)(F)F. The zero-order valence-electron chi connectivity index (χ0n) is 10.4. The minimum Gasteiger partial charge on any atom is -0.330 e. The molecule has 0 saturated carbocycles. The summed E-state index contributed by atoms with van der Waals surface area (Å²) in [6, 6.07) is 7.06. The topological polar surface area (TPSA) is 43.8 Å². The number of hydrogen-bond donors (Lipinski definition) is 1. The minimum absolute atomic E-state index is 0.0234. The van der Waals surface area contributed by atoms with E-state index in [9.17, 15) is 13.2 Å². The van der Waals surface area contributed by atoms with Gasteiger partial charge in [0.1, 0.15) is 0 Å². The first-order chi connectivity index (χ1) is 8.95. The summed E-state index contributed by atoms with van der Waals surface area (Å²) in [6.45, 7) is 2.20. The largest absolute Gasteiger partial charge is 0.418 e. The number of benzene rings is 1. The Morgan fingerprint density at radius 1 is 1.26 bits per heavy atom. The van der Waals surface area contributed by atoms with Crippen LogP contribution in [-0.4, -0.2) is 16.3 Å². The van der Waals surface area contributed by atoms with E-state index in [-0.39, 0.29) is 11.6 Å². The molecular formula is C13H14F3N3. The fourth-order valence-electron chi connectivity index (χ4n) is 1.91. The maximum atomic E-state index is 13.0. The van der Waals surface area contributed by atoms with Crippen LogP contribution in [0.5, 0.6) is 0 Å². The first-order valence-electron chi connectivity index (χ1n) is 5.85. The molecule has 0 amide bonds. The van der Waals surface area contributed by atoms with Gasteiger partial charge in [-0.2, -0.15) is 18.3 Å².